The molecule has 5 aromatic rings. The number of aliphatic hydroxyl groups is 1. The standard InChI is InChI=1S/C42H46N2O7S/c1-28-23-36(24-29(2)40(28)34-17-15-33(16-18-34)37(42(46)47)25-31-11-7-5-8-12-31)50-22-21-43-30(3)41(45)35-19-20-39(38(26-35)44-52(4,48)49)51-27-32-13-9-6-10-14-32/h5-20,23-24,26,30,37,41,43-45H,21-22,25,27H2,1-4H3,(H,46,47)/t30-,37?,41-/m0/s1. The Hall–Kier alpha value is -5.16. The highest BCUT2D eigenvalue weighted by Gasteiger charge is 2.22. The number of nitrogens with one attached hydrogen (secondary N) is 2. The number of hydrogen-bond acceptors (Lipinski definition) is 7. The second kappa shape index (κ2) is 17.4. The topological polar surface area (TPSA) is 134 Å². The highest BCUT2D eigenvalue weighted by Crippen LogP contribution is 2.33. The number of carbonyl (C=O) groups is 1. The van der Waals surface area contributed by atoms with E-state index in [9.17, 15) is 23.4 Å². The van der Waals surface area contributed by atoms with Crippen LogP contribution in [-0.2, 0) is 27.8 Å². The van der Waals surface area contributed by atoms with Gasteiger partial charge in [0.2, 0.25) is 10.0 Å². The molecular formula is C42H46N2O7S. The largest absolute Gasteiger partial charge is 0.492 e. The molecule has 10 heteroatoms. The second-order valence-corrected chi connectivity index (χ2v) is 14.8. The number of benzene rings is 5. The Balaban J connectivity index is 1.17. The van der Waals surface area contributed by atoms with Crippen LogP contribution in [0.4, 0.5) is 5.69 Å². The molecule has 4 N–H and O–H groups in total. The molecule has 0 aliphatic carbocycles. The zero-order valence-corrected chi connectivity index (χ0v) is 30.7. The molecule has 0 fully saturated rings. The number of anilines is 1. The van der Waals surface area contributed by atoms with Crippen LogP contribution in [0.5, 0.6) is 11.5 Å². The summed E-state index contributed by atoms with van der Waals surface area (Å²) >= 11 is 0. The van der Waals surface area contributed by atoms with E-state index in [0.717, 1.165) is 50.9 Å². The van der Waals surface area contributed by atoms with Gasteiger partial charge in [-0.05, 0) is 96.0 Å². The summed E-state index contributed by atoms with van der Waals surface area (Å²) in [7, 11) is -3.60. The Kier molecular flexibility index (Phi) is 12.7. The number of carboxylic acids is 1. The Morgan fingerprint density at radius 3 is 1.98 bits per heavy atom. The van der Waals surface area contributed by atoms with Crippen LogP contribution in [0.15, 0.2) is 115 Å². The predicted octanol–water partition coefficient (Wildman–Crippen LogP) is 7.42. The normalized spacial score (nSPS) is 13.2. The van der Waals surface area contributed by atoms with Crippen LogP contribution >= 0.6 is 0 Å². The summed E-state index contributed by atoms with van der Waals surface area (Å²) in [6.07, 6.45) is 0.567. The fourth-order valence-corrected chi connectivity index (χ4v) is 6.83. The second-order valence-electron chi connectivity index (χ2n) is 13.1. The first-order valence-electron chi connectivity index (χ1n) is 17.2. The maximum absolute atomic E-state index is 12.1. The van der Waals surface area contributed by atoms with Crippen LogP contribution in [0.1, 0.15) is 52.3 Å². The first kappa shape index (κ1) is 38.1. The fourth-order valence-electron chi connectivity index (χ4n) is 6.27. The van der Waals surface area contributed by atoms with Crippen molar-refractivity contribution in [1.29, 1.82) is 0 Å². The molecule has 9 nitrogen and oxygen atoms in total. The molecule has 0 aliphatic heterocycles. The predicted molar refractivity (Wildman–Crippen MR) is 205 cm³/mol. The van der Waals surface area contributed by atoms with Gasteiger partial charge in [-0.15, -0.1) is 0 Å². The minimum Gasteiger partial charge on any atom is -0.492 e. The lowest BCUT2D eigenvalue weighted by atomic mass is 9.89. The molecule has 0 spiro atoms. The van der Waals surface area contributed by atoms with Crippen molar-refractivity contribution in [1.82, 2.24) is 5.32 Å². The first-order valence-corrected chi connectivity index (χ1v) is 19.1. The molecule has 0 aromatic heterocycles. The molecule has 0 aliphatic rings. The minimum absolute atomic E-state index is 0.253. The van der Waals surface area contributed by atoms with Crippen molar-refractivity contribution in [3.05, 3.63) is 149 Å². The number of aliphatic hydroxyl groups excluding tert-OH is 1. The number of sulfonamides is 1. The maximum atomic E-state index is 12.1. The molecule has 0 saturated heterocycles. The highest BCUT2D eigenvalue weighted by molar-refractivity contribution is 7.92. The first-order chi connectivity index (χ1) is 24.9. The van der Waals surface area contributed by atoms with Crippen molar-refractivity contribution in [2.24, 2.45) is 0 Å². The monoisotopic (exact) mass is 722 g/mol. The molecule has 5 rings (SSSR count). The van der Waals surface area contributed by atoms with Gasteiger partial charge < -0.3 is 25.0 Å². The van der Waals surface area contributed by atoms with Crippen molar-refractivity contribution in [2.75, 3.05) is 24.1 Å². The number of rotatable bonds is 17. The number of hydrogen-bond donors (Lipinski definition) is 4. The SMILES string of the molecule is Cc1cc(OCCN[C@@H](C)[C@H](O)c2ccc(OCc3ccccc3)c(NS(C)(=O)=O)c2)cc(C)c1-c1ccc(C(Cc2ccccc2)C(=O)O)cc1. The van der Waals surface area contributed by atoms with Crippen LogP contribution in [0.25, 0.3) is 11.1 Å². The van der Waals surface area contributed by atoms with E-state index in [1.54, 1.807) is 18.2 Å². The zero-order valence-electron chi connectivity index (χ0n) is 29.9. The lowest BCUT2D eigenvalue weighted by molar-refractivity contribution is -0.138. The Bertz CT molecular complexity index is 2030. The van der Waals surface area contributed by atoms with Crippen molar-refractivity contribution < 1.29 is 32.9 Å². The lowest BCUT2D eigenvalue weighted by Gasteiger charge is -2.22. The van der Waals surface area contributed by atoms with E-state index < -0.39 is 28.0 Å². The number of aryl methyl sites for hydroxylation is 2. The van der Waals surface area contributed by atoms with Crippen LogP contribution in [0.2, 0.25) is 0 Å². The molecular weight excluding hydrogens is 677 g/mol. The van der Waals surface area contributed by atoms with Crippen LogP contribution in [-0.4, -0.2) is 50.0 Å². The van der Waals surface area contributed by atoms with Crippen molar-refractivity contribution >= 4 is 21.7 Å². The van der Waals surface area contributed by atoms with E-state index in [0.29, 0.717) is 30.9 Å². The third-order valence-electron chi connectivity index (χ3n) is 8.88. The Labute approximate surface area is 306 Å². The molecule has 52 heavy (non-hydrogen) atoms. The summed E-state index contributed by atoms with van der Waals surface area (Å²) in [4.78, 5) is 12.1. The van der Waals surface area contributed by atoms with Gasteiger partial charge in [-0.1, -0.05) is 91.0 Å². The van der Waals surface area contributed by atoms with E-state index in [4.69, 9.17) is 9.47 Å². The molecule has 1 unspecified atom stereocenters. The minimum atomic E-state index is -3.60. The average Bonchev–Trinajstić information content (AvgIpc) is 3.11. The van der Waals surface area contributed by atoms with Crippen LogP contribution in [0, 0.1) is 13.8 Å². The highest BCUT2D eigenvalue weighted by atomic mass is 32.2. The summed E-state index contributed by atoms with van der Waals surface area (Å²) < 4.78 is 38.7. The van der Waals surface area contributed by atoms with Gasteiger partial charge in [-0.2, -0.15) is 0 Å². The summed E-state index contributed by atoms with van der Waals surface area (Å²) in [5, 5.41) is 24.4. The van der Waals surface area contributed by atoms with Crippen LogP contribution < -0.4 is 19.5 Å². The fraction of sp³-hybridized carbons (Fsp3) is 0.262. The van der Waals surface area contributed by atoms with Crippen molar-refractivity contribution in [3.8, 4) is 22.6 Å². The summed E-state index contributed by atoms with van der Waals surface area (Å²) in [5.41, 5.74) is 7.62. The Morgan fingerprint density at radius 2 is 1.38 bits per heavy atom. The smallest absolute Gasteiger partial charge is 0.311 e. The molecule has 5 aromatic carbocycles. The molecule has 0 radical (unpaired) electrons. The number of carboxylic acid groups (broad SMARTS) is 1. The van der Waals surface area contributed by atoms with E-state index in [2.05, 4.69) is 10.0 Å². The molecule has 0 amide bonds. The number of ether oxygens (including phenoxy) is 2. The zero-order chi connectivity index (χ0) is 37.3. The van der Waals surface area contributed by atoms with Gasteiger partial charge in [0.1, 0.15) is 24.7 Å². The summed E-state index contributed by atoms with van der Waals surface area (Å²) in [6.45, 7) is 6.98. The van der Waals surface area contributed by atoms with E-state index >= 15 is 0 Å². The van der Waals surface area contributed by atoms with Crippen LogP contribution in [0.3, 0.4) is 0 Å². The third-order valence-corrected chi connectivity index (χ3v) is 9.47. The molecule has 3 atom stereocenters. The van der Waals surface area contributed by atoms with Gasteiger partial charge in [0.15, 0.2) is 0 Å². The molecule has 272 valence electrons. The summed E-state index contributed by atoms with van der Waals surface area (Å²) in [6, 6.07) is 35.6. The van der Waals surface area contributed by atoms with Gasteiger partial charge in [0, 0.05) is 12.6 Å². The molecule has 0 saturated carbocycles. The maximum Gasteiger partial charge on any atom is 0.311 e. The average molecular weight is 723 g/mol. The van der Waals surface area contributed by atoms with Crippen molar-refractivity contribution in [2.45, 2.75) is 51.9 Å². The van der Waals surface area contributed by atoms with Gasteiger partial charge in [0.05, 0.1) is 24.0 Å². The molecule has 0 heterocycles. The molecule has 0 bridgehead atoms. The van der Waals surface area contributed by atoms with Gasteiger partial charge in [-0.25, -0.2) is 8.42 Å². The summed E-state index contributed by atoms with van der Waals surface area (Å²) in [5.74, 6) is -0.398. The van der Waals surface area contributed by atoms with E-state index in [-0.39, 0.29) is 18.3 Å². The van der Waals surface area contributed by atoms with Crippen molar-refractivity contribution in [3.63, 3.8) is 0 Å². The van der Waals surface area contributed by atoms with Gasteiger partial charge >= 0.3 is 5.97 Å². The third kappa shape index (κ3) is 10.4. The van der Waals surface area contributed by atoms with Gasteiger partial charge in [-0.3, -0.25) is 9.52 Å². The lowest BCUT2D eigenvalue weighted by Crippen LogP contribution is -2.35. The number of aliphatic carboxylic acids is 1. The Morgan fingerprint density at radius 1 is 0.788 bits per heavy atom. The van der Waals surface area contributed by atoms with E-state index in [1.807, 2.05) is 118 Å². The van der Waals surface area contributed by atoms with E-state index in [1.165, 1.54) is 0 Å². The van der Waals surface area contributed by atoms with Gasteiger partial charge in [0.25, 0.3) is 0 Å². The quantitative estimate of drug-likeness (QED) is 0.0729.